The van der Waals surface area contributed by atoms with Gasteiger partial charge in [-0.2, -0.15) is 5.26 Å². The molecule has 0 spiro atoms. The SMILES string of the molecule is C[C@@H](N)c1ccc2c(c1)ncn2-c1cccc(-c2ccc(F)cc2C#N)c1. The van der Waals surface area contributed by atoms with Gasteiger partial charge in [-0.25, -0.2) is 9.37 Å². The van der Waals surface area contributed by atoms with Gasteiger partial charge in [-0.05, 0) is 60.0 Å². The zero-order valence-electron chi connectivity index (χ0n) is 14.7. The van der Waals surface area contributed by atoms with Crippen molar-refractivity contribution in [1.82, 2.24) is 9.55 Å². The molecule has 0 aliphatic rings. The molecular formula is C22H17FN4. The number of imidazole rings is 1. The molecule has 2 N–H and O–H groups in total. The van der Waals surface area contributed by atoms with Gasteiger partial charge in [0.25, 0.3) is 0 Å². The molecule has 132 valence electrons. The van der Waals surface area contributed by atoms with Crippen molar-refractivity contribution in [3.05, 3.63) is 83.9 Å². The van der Waals surface area contributed by atoms with E-state index in [4.69, 9.17) is 5.73 Å². The van der Waals surface area contributed by atoms with E-state index in [1.54, 1.807) is 12.4 Å². The molecule has 0 bridgehead atoms. The Morgan fingerprint density at radius 3 is 2.74 bits per heavy atom. The van der Waals surface area contributed by atoms with E-state index in [9.17, 15) is 9.65 Å². The minimum absolute atomic E-state index is 0.0502. The molecule has 0 unspecified atom stereocenters. The molecule has 27 heavy (non-hydrogen) atoms. The summed E-state index contributed by atoms with van der Waals surface area (Å²) in [6.07, 6.45) is 1.77. The monoisotopic (exact) mass is 356 g/mol. The average molecular weight is 356 g/mol. The molecule has 4 aromatic rings. The second kappa shape index (κ2) is 6.67. The summed E-state index contributed by atoms with van der Waals surface area (Å²) in [5.41, 5.74) is 11.6. The smallest absolute Gasteiger partial charge is 0.124 e. The standard InChI is InChI=1S/C22H17FN4/c1-14(25)15-5-8-22-21(11-15)26-13-27(22)19-4-2-3-16(10-19)20-7-6-18(23)9-17(20)12-24/h2-11,13-14H,25H2,1H3/t14-/m1/s1. The summed E-state index contributed by atoms with van der Waals surface area (Å²) in [6, 6.07) is 20.0. The van der Waals surface area contributed by atoms with Crippen molar-refractivity contribution >= 4 is 11.0 Å². The van der Waals surface area contributed by atoms with E-state index in [0.29, 0.717) is 11.1 Å². The predicted octanol–water partition coefficient (Wildman–Crippen LogP) is 4.72. The van der Waals surface area contributed by atoms with Gasteiger partial charge in [-0.15, -0.1) is 0 Å². The maximum absolute atomic E-state index is 13.4. The van der Waals surface area contributed by atoms with E-state index in [-0.39, 0.29) is 6.04 Å². The van der Waals surface area contributed by atoms with Gasteiger partial charge in [0.15, 0.2) is 0 Å². The number of hydrogen-bond donors (Lipinski definition) is 1. The Morgan fingerprint density at radius 1 is 1.11 bits per heavy atom. The van der Waals surface area contributed by atoms with Crippen LogP contribution >= 0.6 is 0 Å². The number of halogens is 1. The van der Waals surface area contributed by atoms with Crippen LogP contribution in [-0.2, 0) is 0 Å². The normalized spacial score (nSPS) is 12.1. The molecule has 1 atom stereocenters. The Kier molecular flexibility index (Phi) is 4.19. The molecule has 3 aromatic carbocycles. The minimum Gasteiger partial charge on any atom is -0.324 e. The van der Waals surface area contributed by atoms with Gasteiger partial charge in [0.1, 0.15) is 12.1 Å². The Hall–Kier alpha value is -3.49. The fourth-order valence-electron chi connectivity index (χ4n) is 3.20. The number of hydrogen-bond acceptors (Lipinski definition) is 3. The molecule has 4 nitrogen and oxygen atoms in total. The Balaban J connectivity index is 1.82. The number of aromatic nitrogens is 2. The van der Waals surface area contributed by atoms with E-state index >= 15 is 0 Å². The molecule has 0 aliphatic heterocycles. The maximum atomic E-state index is 13.4. The van der Waals surface area contributed by atoms with Crippen molar-refractivity contribution in [2.75, 3.05) is 0 Å². The van der Waals surface area contributed by atoms with Crippen molar-refractivity contribution in [2.45, 2.75) is 13.0 Å². The summed E-state index contributed by atoms with van der Waals surface area (Å²) in [6.45, 7) is 1.94. The molecule has 0 radical (unpaired) electrons. The number of nitrogens with zero attached hydrogens (tertiary/aromatic N) is 3. The van der Waals surface area contributed by atoms with Gasteiger partial charge >= 0.3 is 0 Å². The van der Waals surface area contributed by atoms with Crippen LogP contribution in [0.25, 0.3) is 27.8 Å². The van der Waals surface area contributed by atoms with Crippen LogP contribution in [0.2, 0.25) is 0 Å². The van der Waals surface area contributed by atoms with Crippen molar-refractivity contribution in [3.8, 4) is 22.9 Å². The van der Waals surface area contributed by atoms with E-state index < -0.39 is 5.82 Å². The van der Waals surface area contributed by atoms with E-state index in [0.717, 1.165) is 27.8 Å². The number of rotatable bonds is 3. The molecule has 0 amide bonds. The number of fused-ring (bicyclic) bond motifs is 1. The van der Waals surface area contributed by atoms with Crippen molar-refractivity contribution in [1.29, 1.82) is 5.26 Å². The highest BCUT2D eigenvalue weighted by Gasteiger charge is 2.10. The maximum Gasteiger partial charge on any atom is 0.124 e. The zero-order chi connectivity index (χ0) is 19.0. The molecule has 1 heterocycles. The number of nitriles is 1. The Labute approximate surface area is 156 Å². The second-order valence-electron chi connectivity index (χ2n) is 6.50. The van der Waals surface area contributed by atoms with Crippen molar-refractivity contribution in [3.63, 3.8) is 0 Å². The fourth-order valence-corrected chi connectivity index (χ4v) is 3.20. The lowest BCUT2D eigenvalue weighted by Crippen LogP contribution is -2.04. The third kappa shape index (κ3) is 3.07. The van der Waals surface area contributed by atoms with Crippen LogP contribution in [0.1, 0.15) is 24.1 Å². The first kappa shape index (κ1) is 17.0. The molecular weight excluding hydrogens is 339 g/mol. The summed E-state index contributed by atoms with van der Waals surface area (Å²) in [7, 11) is 0. The summed E-state index contributed by atoms with van der Waals surface area (Å²) >= 11 is 0. The van der Waals surface area contributed by atoms with Crippen LogP contribution in [0, 0.1) is 17.1 Å². The van der Waals surface area contributed by atoms with Crippen LogP contribution in [-0.4, -0.2) is 9.55 Å². The van der Waals surface area contributed by atoms with Crippen LogP contribution in [0.3, 0.4) is 0 Å². The van der Waals surface area contributed by atoms with Crippen LogP contribution in [0.4, 0.5) is 4.39 Å². The molecule has 5 heteroatoms. The zero-order valence-corrected chi connectivity index (χ0v) is 14.7. The first-order chi connectivity index (χ1) is 13.1. The van der Waals surface area contributed by atoms with Gasteiger partial charge in [0.05, 0.1) is 22.7 Å². The summed E-state index contributed by atoms with van der Waals surface area (Å²) in [5, 5.41) is 9.33. The Morgan fingerprint density at radius 2 is 1.96 bits per heavy atom. The molecule has 0 aliphatic carbocycles. The van der Waals surface area contributed by atoms with Crippen molar-refractivity contribution < 1.29 is 4.39 Å². The van der Waals surface area contributed by atoms with Crippen LogP contribution in [0.15, 0.2) is 67.0 Å². The minimum atomic E-state index is -0.419. The highest BCUT2D eigenvalue weighted by Crippen LogP contribution is 2.28. The number of nitrogens with two attached hydrogens (primary N) is 1. The Bertz CT molecular complexity index is 1180. The largest absolute Gasteiger partial charge is 0.324 e. The van der Waals surface area contributed by atoms with E-state index in [1.807, 2.05) is 54.0 Å². The molecule has 0 saturated heterocycles. The lowest BCUT2D eigenvalue weighted by atomic mass is 10.00. The molecule has 0 saturated carbocycles. The first-order valence-corrected chi connectivity index (χ1v) is 8.60. The highest BCUT2D eigenvalue weighted by atomic mass is 19.1. The predicted molar refractivity (Wildman–Crippen MR) is 104 cm³/mol. The lowest BCUT2D eigenvalue weighted by Gasteiger charge is -2.10. The van der Waals surface area contributed by atoms with Gasteiger partial charge < -0.3 is 5.73 Å². The molecule has 0 fully saturated rings. The van der Waals surface area contributed by atoms with Gasteiger partial charge in [-0.3, -0.25) is 4.57 Å². The van der Waals surface area contributed by atoms with Gasteiger partial charge in [-0.1, -0.05) is 24.3 Å². The van der Waals surface area contributed by atoms with Crippen molar-refractivity contribution in [2.24, 2.45) is 5.73 Å². The third-order valence-electron chi connectivity index (χ3n) is 4.63. The molecule has 4 rings (SSSR count). The van der Waals surface area contributed by atoms with E-state index in [1.165, 1.54) is 12.1 Å². The van der Waals surface area contributed by atoms with Gasteiger partial charge in [0.2, 0.25) is 0 Å². The van der Waals surface area contributed by atoms with Crippen LogP contribution < -0.4 is 5.73 Å². The fraction of sp³-hybridized carbons (Fsp3) is 0.0909. The van der Waals surface area contributed by atoms with Gasteiger partial charge in [0, 0.05) is 11.7 Å². The average Bonchev–Trinajstić information content (AvgIpc) is 3.11. The van der Waals surface area contributed by atoms with E-state index in [2.05, 4.69) is 11.1 Å². The summed E-state index contributed by atoms with van der Waals surface area (Å²) in [5.74, 6) is -0.419. The second-order valence-corrected chi connectivity index (χ2v) is 6.50. The van der Waals surface area contributed by atoms with Crippen LogP contribution in [0.5, 0.6) is 0 Å². The topological polar surface area (TPSA) is 67.6 Å². The number of benzene rings is 3. The summed E-state index contributed by atoms with van der Waals surface area (Å²) < 4.78 is 15.4. The quantitative estimate of drug-likeness (QED) is 0.577. The molecule has 1 aromatic heterocycles. The first-order valence-electron chi connectivity index (χ1n) is 8.60. The lowest BCUT2D eigenvalue weighted by molar-refractivity contribution is 0.627. The third-order valence-corrected chi connectivity index (χ3v) is 4.63. The highest BCUT2D eigenvalue weighted by molar-refractivity contribution is 5.79. The summed E-state index contributed by atoms with van der Waals surface area (Å²) in [4.78, 5) is 4.49.